The number of carbonyl (C=O) groups is 1. The molecule has 1 aliphatic carbocycles. The van der Waals surface area contributed by atoms with E-state index in [1.54, 1.807) is 30.6 Å². The first-order chi connectivity index (χ1) is 29.7. The number of benzene rings is 4. The molecule has 328 valence electrons. The number of carbonyl (C=O) groups excluding carboxylic acids is 1. The number of halogens is 1. The molecular formula is C46H55ClN8O6S. The summed E-state index contributed by atoms with van der Waals surface area (Å²) in [6.45, 7) is 11.2. The molecule has 3 aliphatic rings. The Morgan fingerprint density at radius 3 is 2.47 bits per heavy atom. The number of likely N-dealkylation sites (tertiary alicyclic amines) is 1. The number of fused-ring (bicyclic) bond motifs is 1. The van der Waals surface area contributed by atoms with E-state index >= 15 is 0 Å². The third-order valence-corrected chi connectivity index (χ3v) is 14.1. The molecule has 0 unspecified atom stereocenters. The van der Waals surface area contributed by atoms with Gasteiger partial charge in [-0.25, -0.2) is 18.1 Å². The van der Waals surface area contributed by atoms with Gasteiger partial charge in [0.25, 0.3) is 15.9 Å². The molecule has 2 aliphatic heterocycles. The normalized spacial score (nSPS) is 17.9. The van der Waals surface area contributed by atoms with Gasteiger partial charge in [0.15, 0.2) is 5.75 Å². The molecule has 16 heteroatoms. The molecular weight excluding hydrogens is 828 g/mol. The summed E-state index contributed by atoms with van der Waals surface area (Å²) in [7, 11) is -2.42. The lowest BCUT2D eigenvalue weighted by Crippen LogP contribution is -2.47. The Labute approximate surface area is 368 Å². The molecule has 0 bridgehead atoms. The third-order valence-electron chi connectivity index (χ3n) is 12.5. The van der Waals surface area contributed by atoms with Crippen molar-refractivity contribution in [2.45, 2.75) is 50.8 Å². The standard InChI is InChI=1S/C46H55ClN8O6S/c1-46(2)18-15-33(38(27-46)32-7-9-34(47)10-8-32)29-53-21-23-54(24-22-53)35-11-13-37(43(25-35)61-42-6-4-5-40-44(42)50-30-49-40)45(56)51-62(59,60)36-12-14-39(41(26-36)55(57)58)48-28-31-16-19-52(3)20-17-31/h4-14,25-26,30-31,48,57-58H,15-24,27-29H2,1-3H3,(H,49,50)(H,51,56). The summed E-state index contributed by atoms with van der Waals surface area (Å²) in [4.78, 5) is 28.2. The van der Waals surface area contributed by atoms with Crippen LogP contribution >= 0.6 is 11.6 Å². The Balaban J connectivity index is 1.00. The topological polar surface area (TPSA) is 167 Å². The van der Waals surface area contributed by atoms with E-state index in [0.717, 1.165) is 100 Å². The van der Waals surface area contributed by atoms with Gasteiger partial charge in [-0.2, -0.15) is 0 Å². The lowest BCUT2D eigenvalue weighted by Gasteiger charge is -2.39. The Morgan fingerprint density at radius 1 is 0.968 bits per heavy atom. The molecule has 1 amide bonds. The summed E-state index contributed by atoms with van der Waals surface area (Å²) < 4.78 is 36.1. The fourth-order valence-corrected chi connectivity index (χ4v) is 9.88. The summed E-state index contributed by atoms with van der Waals surface area (Å²) in [5.74, 6) is 0.0117. The maximum atomic E-state index is 14.0. The van der Waals surface area contributed by atoms with Gasteiger partial charge >= 0.3 is 0 Å². The highest BCUT2D eigenvalue weighted by Gasteiger charge is 2.30. The Hall–Kier alpha value is -5.16. The number of ether oxygens (including phenoxy) is 1. The first-order valence-electron chi connectivity index (χ1n) is 21.2. The zero-order valence-electron chi connectivity index (χ0n) is 35.4. The number of piperidine rings is 1. The number of hydrogen-bond acceptors (Lipinski definition) is 12. The molecule has 8 rings (SSSR count). The number of amides is 1. The molecule has 0 radical (unpaired) electrons. The van der Waals surface area contributed by atoms with Gasteiger partial charge < -0.3 is 24.8 Å². The third kappa shape index (κ3) is 10.0. The highest BCUT2D eigenvalue weighted by Crippen LogP contribution is 2.43. The molecule has 2 fully saturated rings. The van der Waals surface area contributed by atoms with Crippen molar-refractivity contribution >= 4 is 61.2 Å². The van der Waals surface area contributed by atoms with Crippen LogP contribution in [0.2, 0.25) is 5.02 Å². The van der Waals surface area contributed by atoms with Crippen LogP contribution in [0.3, 0.4) is 0 Å². The number of anilines is 3. The second-order valence-electron chi connectivity index (χ2n) is 17.6. The summed E-state index contributed by atoms with van der Waals surface area (Å²) in [6.07, 6.45) is 6.75. The Kier molecular flexibility index (Phi) is 12.8. The van der Waals surface area contributed by atoms with Crippen molar-refractivity contribution in [3.8, 4) is 11.5 Å². The van der Waals surface area contributed by atoms with Gasteiger partial charge in [-0.3, -0.25) is 20.1 Å². The van der Waals surface area contributed by atoms with Crippen molar-refractivity contribution in [3.63, 3.8) is 0 Å². The van der Waals surface area contributed by atoms with Crippen LogP contribution in [0.15, 0.2) is 95.7 Å². The molecule has 2 saturated heterocycles. The minimum absolute atomic E-state index is 0.00651. The van der Waals surface area contributed by atoms with Crippen LogP contribution in [-0.2, 0) is 10.0 Å². The van der Waals surface area contributed by atoms with E-state index in [1.165, 1.54) is 28.8 Å². The van der Waals surface area contributed by atoms with Crippen LogP contribution < -0.4 is 24.9 Å². The number of rotatable bonds is 13. The van der Waals surface area contributed by atoms with E-state index in [4.69, 9.17) is 16.3 Å². The number of nitrogens with one attached hydrogen (secondary N) is 3. The van der Waals surface area contributed by atoms with Crippen LogP contribution in [0.5, 0.6) is 11.5 Å². The lowest BCUT2D eigenvalue weighted by molar-refractivity contribution is 0.0294. The van der Waals surface area contributed by atoms with Crippen LogP contribution in [0.4, 0.5) is 17.1 Å². The monoisotopic (exact) mass is 882 g/mol. The number of nitrogens with zero attached hydrogens (tertiary/aromatic N) is 5. The minimum Gasteiger partial charge on any atom is -0.454 e. The van der Waals surface area contributed by atoms with Gasteiger partial charge in [-0.05, 0) is 129 Å². The van der Waals surface area contributed by atoms with Gasteiger partial charge in [0.1, 0.15) is 17.0 Å². The van der Waals surface area contributed by atoms with Crippen molar-refractivity contribution in [2.24, 2.45) is 11.3 Å². The Morgan fingerprint density at radius 2 is 1.73 bits per heavy atom. The number of aromatic nitrogens is 2. The summed E-state index contributed by atoms with van der Waals surface area (Å²) in [6, 6.07) is 22.6. The van der Waals surface area contributed by atoms with Crippen molar-refractivity contribution in [3.05, 3.63) is 107 Å². The summed E-state index contributed by atoms with van der Waals surface area (Å²) in [5.41, 5.74) is 6.65. The molecule has 14 nitrogen and oxygen atoms in total. The van der Waals surface area contributed by atoms with Gasteiger partial charge in [-0.1, -0.05) is 49.2 Å². The maximum Gasteiger partial charge on any atom is 0.268 e. The van der Waals surface area contributed by atoms with Crippen molar-refractivity contribution < 1.29 is 28.4 Å². The Bertz CT molecular complexity index is 2550. The van der Waals surface area contributed by atoms with Crippen LogP contribution in [0.1, 0.15) is 61.9 Å². The minimum atomic E-state index is -4.50. The highest BCUT2D eigenvalue weighted by molar-refractivity contribution is 7.90. The maximum absolute atomic E-state index is 14.0. The molecule has 62 heavy (non-hydrogen) atoms. The number of hydrogen-bond donors (Lipinski definition) is 5. The molecule has 4 aromatic carbocycles. The van der Waals surface area contributed by atoms with Crippen molar-refractivity contribution in [2.75, 3.05) is 74.8 Å². The first-order valence-corrected chi connectivity index (χ1v) is 23.1. The number of para-hydroxylation sites is 1. The predicted molar refractivity (Wildman–Crippen MR) is 243 cm³/mol. The van der Waals surface area contributed by atoms with E-state index in [-0.39, 0.29) is 32.5 Å². The molecule has 5 aromatic rings. The zero-order chi connectivity index (χ0) is 43.6. The van der Waals surface area contributed by atoms with Gasteiger partial charge in [0.05, 0.1) is 28.0 Å². The molecule has 1 aromatic heterocycles. The van der Waals surface area contributed by atoms with E-state index in [1.807, 2.05) is 24.3 Å². The second kappa shape index (κ2) is 18.3. The zero-order valence-corrected chi connectivity index (χ0v) is 37.0. The number of imidazole rings is 1. The van der Waals surface area contributed by atoms with Gasteiger partial charge in [0, 0.05) is 56.0 Å². The van der Waals surface area contributed by atoms with E-state index in [2.05, 4.69) is 67.7 Å². The molecule has 3 heterocycles. The van der Waals surface area contributed by atoms with Crippen molar-refractivity contribution in [1.29, 1.82) is 0 Å². The molecule has 0 saturated carbocycles. The van der Waals surface area contributed by atoms with E-state index < -0.39 is 15.9 Å². The number of allylic oxidation sites excluding steroid dienone is 1. The van der Waals surface area contributed by atoms with Gasteiger partial charge in [0.2, 0.25) is 0 Å². The fourth-order valence-electron chi connectivity index (χ4n) is 8.77. The van der Waals surface area contributed by atoms with Crippen molar-refractivity contribution in [1.82, 2.24) is 24.5 Å². The van der Waals surface area contributed by atoms with E-state index in [0.29, 0.717) is 29.4 Å². The van der Waals surface area contributed by atoms with Crippen LogP contribution in [-0.4, -0.2) is 104 Å². The highest BCUT2D eigenvalue weighted by atomic mass is 35.5. The number of H-pyrrole nitrogens is 1. The van der Waals surface area contributed by atoms with Gasteiger partial charge in [-0.15, -0.1) is 5.23 Å². The largest absolute Gasteiger partial charge is 0.454 e. The number of aromatic amines is 1. The molecule has 0 spiro atoms. The number of piperazine rings is 1. The smallest absolute Gasteiger partial charge is 0.268 e. The second-order valence-corrected chi connectivity index (χ2v) is 19.7. The average molecular weight is 884 g/mol. The fraction of sp³-hybridized carbons (Fsp3) is 0.391. The molecule has 5 N–H and O–H groups in total. The lowest BCUT2D eigenvalue weighted by atomic mass is 9.72. The molecule has 0 atom stereocenters. The average Bonchev–Trinajstić information content (AvgIpc) is 3.75. The number of sulfonamides is 1. The quantitative estimate of drug-likeness (QED) is 0.0720. The summed E-state index contributed by atoms with van der Waals surface area (Å²) in [5, 5.41) is 24.0. The SMILES string of the molecule is CN1CCC(CNc2ccc(S(=O)(=O)NC(=O)c3ccc(N4CCN(CC5=C(c6ccc(Cl)cc6)CC(C)(C)CC5)CC4)cc3Oc3cccc4[nH]cnc34)cc2N(O)O)CC1. The summed E-state index contributed by atoms with van der Waals surface area (Å²) >= 11 is 6.25. The van der Waals surface area contributed by atoms with E-state index in [9.17, 15) is 23.6 Å². The predicted octanol–water partition coefficient (Wildman–Crippen LogP) is 8.25. The van der Waals surface area contributed by atoms with Crippen LogP contribution in [0, 0.1) is 11.3 Å². The first kappa shape index (κ1) is 43.5. The van der Waals surface area contributed by atoms with Crippen LogP contribution in [0.25, 0.3) is 16.6 Å².